The molecule has 21 heavy (non-hydrogen) atoms. The largest absolute Gasteiger partial charge is 0.352 e. The van der Waals surface area contributed by atoms with E-state index in [4.69, 9.17) is 0 Å². The number of carbonyl (C=O) groups is 2. The van der Waals surface area contributed by atoms with Gasteiger partial charge >= 0.3 is 0 Å². The molecule has 0 aromatic heterocycles. The zero-order valence-electron chi connectivity index (χ0n) is 12.8. The van der Waals surface area contributed by atoms with Gasteiger partial charge in [0.2, 0.25) is 11.8 Å². The van der Waals surface area contributed by atoms with Crippen LogP contribution >= 0.6 is 0 Å². The third kappa shape index (κ3) is 4.86. The van der Waals surface area contributed by atoms with E-state index >= 15 is 0 Å². The first kappa shape index (κ1) is 15.5. The van der Waals surface area contributed by atoms with Gasteiger partial charge in [0.25, 0.3) is 0 Å². The number of rotatable bonds is 6. The minimum Gasteiger partial charge on any atom is -0.352 e. The normalized spacial score (nSPS) is 15.6. The smallest absolute Gasteiger partial charge is 0.241 e. The Bertz CT molecular complexity index is 526. The molecule has 2 N–H and O–H groups in total. The van der Waals surface area contributed by atoms with Crippen LogP contribution in [0.15, 0.2) is 24.3 Å². The van der Waals surface area contributed by atoms with E-state index in [0.29, 0.717) is 6.04 Å². The number of nitrogens with zero attached hydrogens (tertiary/aromatic N) is 1. The van der Waals surface area contributed by atoms with Crippen LogP contribution in [0.1, 0.15) is 25.3 Å². The highest BCUT2D eigenvalue weighted by Gasteiger charge is 2.25. The topological polar surface area (TPSA) is 61.4 Å². The highest BCUT2D eigenvalue weighted by Crippen LogP contribution is 2.18. The molecule has 1 atom stereocenters. The molecule has 0 saturated heterocycles. The number of nitrogens with one attached hydrogen (secondary N) is 2. The molecular formula is C16H23N3O2. The van der Waals surface area contributed by atoms with Gasteiger partial charge in [-0.3, -0.25) is 14.5 Å². The van der Waals surface area contributed by atoms with Crippen molar-refractivity contribution in [2.75, 3.05) is 18.9 Å². The van der Waals surface area contributed by atoms with E-state index in [2.05, 4.69) is 10.6 Å². The summed E-state index contributed by atoms with van der Waals surface area (Å²) in [7, 11) is 1.78. The molecule has 2 rings (SSSR count). The molecule has 0 radical (unpaired) electrons. The fraction of sp³-hybridized carbons (Fsp3) is 0.500. The van der Waals surface area contributed by atoms with Gasteiger partial charge in [-0.2, -0.15) is 0 Å². The molecule has 1 aromatic carbocycles. The maximum absolute atomic E-state index is 12.2. The molecule has 5 nitrogen and oxygen atoms in total. The van der Waals surface area contributed by atoms with Crippen LogP contribution in [0.25, 0.3) is 0 Å². The molecule has 1 saturated carbocycles. The van der Waals surface area contributed by atoms with Crippen molar-refractivity contribution in [3.8, 4) is 0 Å². The third-order valence-electron chi connectivity index (χ3n) is 3.66. The van der Waals surface area contributed by atoms with Crippen LogP contribution in [-0.2, 0) is 9.59 Å². The number of likely N-dealkylation sites (N-methyl/N-ethyl adjacent to an activating group) is 1. The van der Waals surface area contributed by atoms with Crippen molar-refractivity contribution in [3.05, 3.63) is 29.8 Å². The summed E-state index contributed by atoms with van der Waals surface area (Å²) < 4.78 is 0. The van der Waals surface area contributed by atoms with E-state index in [1.807, 2.05) is 31.2 Å². The van der Waals surface area contributed by atoms with Crippen molar-refractivity contribution >= 4 is 17.5 Å². The maximum Gasteiger partial charge on any atom is 0.241 e. The van der Waals surface area contributed by atoms with Crippen molar-refractivity contribution in [2.24, 2.45) is 0 Å². The van der Waals surface area contributed by atoms with Crippen LogP contribution < -0.4 is 10.6 Å². The number of hydrogen-bond donors (Lipinski definition) is 2. The van der Waals surface area contributed by atoms with Gasteiger partial charge in [-0.05, 0) is 51.4 Å². The van der Waals surface area contributed by atoms with Crippen molar-refractivity contribution in [1.82, 2.24) is 10.2 Å². The lowest BCUT2D eigenvalue weighted by atomic mass is 10.2. The summed E-state index contributed by atoms with van der Waals surface area (Å²) in [5.41, 5.74) is 1.88. The first-order chi connectivity index (χ1) is 9.95. The van der Waals surface area contributed by atoms with E-state index in [0.717, 1.165) is 24.1 Å². The molecule has 5 heteroatoms. The van der Waals surface area contributed by atoms with Gasteiger partial charge in [-0.15, -0.1) is 0 Å². The highest BCUT2D eigenvalue weighted by atomic mass is 16.2. The lowest BCUT2D eigenvalue weighted by molar-refractivity contribution is -0.124. The summed E-state index contributed by atoms with van der Waals surface area (Å²) in [6.07, 6.45) is 2.14. The zero-order chi connectivity index (χ0) is 15.4. The van der Waals surface area contributed by atoms with Crippen molar-refractivity contribution in [1.29, 1.82) is 0 Å². The fourth-order valence-corrected chi connectivity index (χ4v) is 2.03. The van der Waals surface area contributed by atoms with E-state index < -0.39 is 0 Å². The van der Waals surface area contributed by atoms with Crippen LogP contribution in [0.3, 0.4) is 0 Å². The Morgan fingerprint density at radius 1 is 1.38 bits per heavy atom. The molecule has 0 aliphatic heterocycles. The molecule has 0 unspecified atom stereocenters. The number of anilines is 1. The Balaban J connectivity index is 1.84. The van der Waals surface area contributed by atoms with E-state index in [9.17, 15) is 9.59 Å². The van der Waals surface area contributed by atoms with Crippen LogP contribution in [0.2, 0.25) is 0 Å². The molecule has 2 amide bonds. The number of amides is 2. The van der Waals surface area contributed by atoms with Crippen molar-refractivity contribution in [2.45, 2.75) is 38.8 Å². The third-order valence-corrected chi connectivity index (χ3v) is 3.66. The average Bonchev–Trinajstić information content (AvgIpc) is 3.21. The van der Waals surface area contributed by atoms with Gasteiger partial charge in [0.15, 0.2) is 0 Å². The first-order valence-corrected chi connectivity index (χ1v) is 7.33. The first-order valence-electron chi connectivity index (χ1n) is 7.33. The Morgan fingerprint density at radius 3 is 2.71 bits per heavy atom. The SMILES string of the molecule is Cc1cccc(NC(=O)[C@H](C)N(C)CC(=O)NC2CC2)c1. The minimum atomic E-state index is -0.365. The van der Waals surface area contributed by atoms with Gasteiger partial charge in [-0.1, -0.05) is 12.1 Å². The summed E-state index contributed by atoms with van der Waals surface area (Å²) in [4.78, 5) is 25.7. The van der Waals surface area contributed by atoms with Gasteiger partial charge in [-0.25, -0.2) is 0 Å². The van der Waals surface area contributed by atoms with Crippen LogP contribution in [0.5, 0.6) is 0 Å². The number of benzene rings is 1. The zero-order valence-corrected chi connectivity index (χ0v) is 12.8. The molecule has 114 valence electrons. The van der Waals surface area contributed by atoms with Crippen molar-refractivity contribution < 1.29 is 9.59 Å². The van der Waals surface area contributed by atoms with Gasteiger partial charge in [0, 0.05) is 11.7 Å². The highest BCUT2D eigenvalue weighted by molar-refractivity contribution is 5.95. The monoisotopic (exact) mass is 289 g/mol. The Kier molecular flexibility index (Phi) is 4.96. The summed E-state index contributed by atoms with van der Waals surface area (Å²) in [6, 6.07) is 7.65. The Labute approximate surface area is 125 Å². The molecular weight excluding hydrogens is 266 g/mol. The molecule has 1 aliphatic carbocycles. The average molecular weight is 289 g/mol. The maximum atomic E-state index is 12.2. The van der Waals surface area contributed by atoms with Crippen LogP contribution in [-0.4, -0.2) is 42.4 Å². The molecule has 0 spiro atoms. The van der Waals surface area contributed by atoms with E-state index in [1.54, 1.807) is 18.9 Å². The second-order valence-electron chi connectivity index (χ2n) is 5.79. The lowest BCUT2D eigenvalue weighted by Gasteiger charge is -2.23. The lowest BCUT2D eigenvalue weighted by Crippen LogP contribution is -2.45. The Hall–Kier alpha value is -1.88. The van der Waals surface area contributed by atoms with Crippen LogP contribution in [0, 0.1) is 6.92 Å². The molecule has 1 aromatic rings. The number of hydrogen-bond acceptors (Lipinski definition) is 3. The number of aryl methyl sites for hydroxylation is 1. The minimum absolute atomic E-state index is 0.0183. The van der Waals surface area contributed by atoms with Gasteiger partial charge in [0.1, 0.15) is 0 Å². The quantitative estimate of drug-likeness (QED) is 0.835. The summed E-state index contributed by atoms with van der Waals surface area (Å²) in [5, 5.41) is 5.80. The fourth-order valence-electron chi connectivity index (χ4n) is 2.03. The standard InChI is InChI=1S/C16H23N3O2/c1-11-5-4-6-14(9-11)18-16(21)12(2)19(3)10-15(20)17-13-7-8-13/h4-6,9,12-13H,7-8,10H2,1-3H3,(H,17,20)(H,18,21)/t12-/m0/s1. The van der Waals surface area contributed by atoms with Gasteiger partial charge in [0.05, 0.1) is 12.6 Å². The van der Waals surface area contributed by atoms with Crippen molar-refractivity contribution in [3.63, 3.8) is 0 Å². The van der Waals surface area contributed by atoms with Crippen LogP contribution in [0.4, 0.5) is 5.69 Å². The predicted molar refractivity (Wildman–Crippen MR) is 83.1 cm³/mol. The van der Waals surface area contributed by atoms with E-state index in [-0.39, 0.29) is 24.4 Å². The Morgan fingerprint density at radius 2 is 2.10 bits per heavy atom. The summed E-state index contributed by atoms with van der Waals surface area (Å²) >= 11 is 0. The van der Waals surface area contributed by atoms with E-state index in [1.165, 1.54) is 0 Å². The molecule has 1 aliphatic rings. The molecule has 1 fully saturated rings. The molecule has 0 bridgehead atoms. The summed E-state index contributed by atoms with van der Waals surface area (Å²) in [6.45, 7) is 4.02. The molecule has 0 heterocycles. The van der Waals surface area contributed by atoms with Gasteiger partial charge < -0.3 is 10.6 Å². The second-order valence-corrected chi connectivity index (χ2v) is 5.79. The summed E-state index contributed by atoms with van der Waals surface area (Å²) in [5.74, 6) is -0.127. The number of carbonyl (C=O) groups excluding carboxylic acids is 2. The second kappa shape index (κ2) is 6.72. The predicted octanol–water partition coefficient (Wildman–Crippen LogP) is 1.53.